The van der Waals surface area contributed by atoms with E-state index in [1.54, 1.807) is 0 Å². The lowest BCUT2D eigenvalue weighted by Gasteiger charge is -2.11. The first-order valence-corrected chi connectivity index (χ1v) is 5.81. The SMILES string of the molecule is CNCc1cc(OCC(O)CO)ccc1Br. The standard InChI is InChI=1S/C11H16BrNO3/c1-13-5-8-4-10(2-3-11(8)12)16-7-9(15)6-14/h2-4,9,13-15H,5-7H2,1H3. The molecule has 1 unspecified atom stereocenters. The molecule has 1 aromatic carbocycles. The van der Waals surface area contributed by atoms with Crippen LogP contribution in [0.3, 0.4) is 0 Å². The molecule has 0 aliphatic heterocycles. The van der Waals surface area contributed by atoms with Crippen LogP contribution in [0.25, 0.3) is 0 Å². The van der Waals surface area contributed by atoms with Crippen molar-refractivity contribution in [3.63, 3.8) is 0 Å². The molecule has 0 aliphatic carbocycles. The molecule has 1 aromatic rings. The zero-order chi connectivity index (χ0) is 12.0. The van der Waals surface area contributed by atoms with Gasteiger partial charge in [-0.1, -0.05) is 15.9 Å². The second-order valence-corrected chi connectivity index (χ2v) is 4.29. The quantitative estimate of drug-likeness (QED) is 0.728. The highest BCUT2D eigenvalue weighted by Gasteiger charge is 2.05. The van der Waals surface area contributed by atoms with Crippen molar-refractivity contribution < 1.29 is 14.9 Å². The number of aliphatic hydroxyl groups is 2. The number of aliphatic hydroxyl groups excluding tert-OH is 2. The van der Waals surface area contributed by atoms with Crippen LogP contribution in [0.5, 0.6) is 5.75 Å². The van der Waals surface area contributed by atoms with Gasteiger partial charge in [-0.25, -0.2) is 0 Å². The molecule has 0 saturated carbocycles. The van der Waals surface area contributed by atoms with E-state index in [4.69, 9.17) is 14.9 Å². The second kappa shape index (κ2) is 6.85. The van der Waals surface area contributed by atoms with Crippen LogP contribution in [-0.4, -0.2) is 36.6 Å². The zero-order valence-electron chi connectivity index (χ0n) is 9.11. The van der Waals surface area contributed by atoms with Crippen LogP contribution in [0, 0.1) is 0 Å². The van der Waals surface area contributed by atoms with Gasteiger partial charge in [0, 0.05) is 11.0 Å². The van der Waals surface area contributed by atoms with Gasteiger partial charge in [-0.15, -0.1) is 0 Å². The average molecular weight is 290 g/mol. The summed E-state index contributed by atoms with van der Waals surface area (Å²) in [7, 11) is 1.87. The van der Waals surface area contributed by atoms with Gasteiger partial charge in [0.25, 0.3) is 0 Å². The Kier molecular flexibility index (Phi) is 5.76. The molecule has 1 rings (SSSR count). The maximum atomic E-state index is 9.15. The minimum atomic E-state index is -0.837. The Labute approximate surface area is 103 Å². The van der Waals surface area contributed by atoms with Gasteiger partial charge < -0.3 is 20.3 Å². The van der Waals surface area contributed by atoms with Crippen LogP contribution in [0.4, 0.5) is 0 Å². The van der Waals surface area contributed by atoms with Crippen LogP contribution in [0.15, 0.2) is 22.7 Å². The molecule has 90 valence electrons. The Morgan fingerprint density at radius 2 is 2.25 bits per heavy atom. The molecular formula is C11H16BrNO3. The molecule has 0 saturated heterocycles. The van der Waals surface area contributed by atoms with Gasteiger partial charge >= 0.3 is 0 Å². The van der Waals surface area contributed by atoms with Gasteiger partial charge in [-0.3, -0.25) is 0 Å². The first-order chi connectivity index (χ1) is 7.67. The van der Waals surface area contributed by atoms with E-state index in [0.717, 1.165) is 16.6 Å². The molecule has 4 nitrogen and oxygen atoms in total. The largest absolute Gasteiger partial charge is 0.491 e. The monoisotopic (exact) mass is 289 g/mol. The first kappa shape index (κ1) is 13.4. The van der Waals surface area contributed by atoms with Crippen molar-refractivity contribution in [1.82, 2.24) is 5.32 Å². The predicted octanol–water partition coefficient (Wildman–Crippen LogP) is 0.900. The summed E-state index contributed by atoms with van der Waals surface area (Å²) in [6.07, 6.45) is -0.837. The smallest absolute Gasteiger partial charge is 0.119 e. The van der Waals surface area contributed by atoms with Crippen LogP contribution >= 0.6 is 15.9 Å². The molecule has 0 bridgehead atoms. The van der Waals surface area contributed by atoms with Crippen molar-refractivity contribution in [1.29, 1.82) is 0 Å². The minimum absolute atomic E-state index is 0.0944. The lowest BCUT2D eigenvalue weighted by Crippen LogP contribution is -2.21. The maximum Gasteiger partial charge on any atom is 0.119 e. The molecule has 0 radical (unpaired) electrons. The molecule has 5 heteroatoms. The molecule has 3 N–H and O–H groups in total. The molecule has 0 spiro atoms. The number of halogens is 1. The summed E-state index contributed by atoms with van der Waals surface area (Å²) in [6, 6.07) is 5.60. The fraction of sp³-hybridized carbons (Fsp3) is 0.455. The lowest BCUT2D eigenvalue weighted by atomic mass is 10.2. The Balaban J connectivity index is 2.63. The van der Waals surface area contributed by atoms with Crippen LogP contribution in [0.1, 0.15) is 5.56 Å². The fourth-order valence-electron chi connectivity index (χ4n) is 1.21. The Hall–Kier alpha value is -0.620. The fourth-order valence-corrected chi connectivity index (χ4v) is 1.60. The van der Waals surface area contributed by atoms with Crippen molar-refractivity contribution in [3.05, 3.63) is 28.2 Å². The van der Waals surface area contributed by atoms with Crippen LogP contribution < -0.4 is 10.1 Å². The zero-order valence-corrected chi connectivity index (χ0v) is 10.7. The summed E-state index contributed by atoms with van der Waals surface area (Å²) in [5.74, 6) is 0.681. The highest BCUT2D eigenvalue weighted by Crippen LogP contribution is 2.22. The van der Waals surface area contributed by atoms with Crippen molar-refractivity contribution in [2.75, 3.05) is 20.3 Å². The third-order valence-corrected chi connectivity index (χ3v) is 2.81. The summed E-state index contributed by atoms with van der Waals surface area (Å²) < 4.78 is 6.35. The molecule has 0 amide bonds. The van der Waals surface area contributed by atoms with E-state index in [0.29, 0.717) is 5.75 Å². The molecule has 16 heavy (non-hydrogen) atoms. The van der Waals surface area contributed by atoms with Gasteiger partial charge in [-0.05, 0) is 30.8 Å². The van der Waals surface area contributed by atoms with Crippen molar-refractivity contribution in [2.45, 2.75) is 12.6 Å². The van der Waals surface area contributed by atoms with E-state index in [1.807, 2.05) is 25.2 Å². The first-order valence-electron chi connectivity index (χ1n) is 5.02. The number of rotatable bonds is 6. The summed E-state index contributed by atoms with van der Waals surface area (Å²) in [5.41, 5.74) is 1.08. The second-order valence-electron chi connectivity index (χ2n) is 3.43. The number of ether oxygens (including phenoxy) is 1. The van der Waals surface area contributed by atoms with Gasteiger partial charge in [0.2, 0.25) is 0 Å². The lowest BCUT2D eigenvalue weighted by molar-refractivity contribution is 0.0536. The third kappa shape index (κ3) is 4.09. The van der Waals surface area contributed by atoms with Crippen molar-refractivity contribution in [3.8, 4) is 5.75 Å². The Morgan fingerprint density at radius 1 is 1.50 bits per heavy atom. The Bertz CT molecular complexity index is 333. The van der Waals surface area contributed by atoms with E-state index in [1.165, 1.54) is 0 Å². The molecule has 0 heterocycles. The van der Waals surface area contributed by atoms with Gasteiger partial charge in [0.1, 0.15) is 18.5 Å². The topological polar surface area (TPSA) is 61.7 Å². The molecule has 0 aromatic heterocycles. The predicted molar refractivity (Wildman–Crippen MR) is 65.5 cm³/mol. The highest BCUT2D eigenvalue weighted by atomic mass is 79.9. The molecule has 1 atom stereocenters. The molecular weight excluding hydrogens is 274 g/mol. The van der Waals surface area contributed by atoms with Gasteiger partial charge in [-0.2, -0.15) is 0 Å². The maximum absolute atomic E-state index is 9.15. The van der Waals surface area contributed by atoms with Crippen molar-refractivity contribution >= 4 is 15.9 Å². The van der Waals surface area contributed by atoms with Gasteiger partial charge in [0.15, 0.2) is 0 Å². The summed E-state index contributed by atoms with van der Waals surface area (Å²) in [6.45, 7) is 0.539. The highest BCUT2D eigenvalue weighted by molar-refractivity contribution is 9.10. The van der Waals surface area contributed by atoms with E-state index in [2.05, 4.69) is 21.2 Å². The summed E-state index contributed by atoms with van der Waals surface area (Å²) in [4.78, 5) is 0. The normalized spacial score (nSPS) is 12.5. The van der Waals surface area contributed by atoms with E-state index < -0.39 is 6.10 Å². The third-order valence-electron chi connectivity index (χ3n) is 2.04. The number of nitrogens with one attached hydrogen (secondary N) is 1. The summed E-state index contributed by atoms with van der Waals surface area (Å²) >= 11 is 3.44. The van der Waals surface area contributed by atoms with E-state index >= 15 is 0 Å². The molecule has 0 aliphatic rings. The van der Waals surface area contributed by atoms with E-state index in [9.17, 15) is 0 Å². The van der Waals surface area contributed by atoms with E-state index in [-0.39, 0.29) is 13.2 Å². The van der Waals surface area contributed by atoms with Crippen molar-refractivity contribution in [2.24, 2.45) is 0 Å². The summed E-state index contributed by atoms with van der Waals surface area (Å²) in [5, 5.41) is 20.9. The number of hydrogen-bond donors (Lipinski definition) is 3. The number of hydrogen-bond acceptors (Lipinski definition) is 4. The Morgan fingerprint density at radius 3 is 2.88 bits per heavy atom. The minimum Gasteiger partial charge on any atom is -0.491 e. The van der Waals surface area contributed by atoms with Gasteiger partial charge in [0.05, 0.1) is 6.61 Å². The number of benzene rings is 1. The van der Waals surface area contributed by atoms with Crippen LogP contribution in [-0.2, 0) is 6.54 Å². The van der Waals surface area contributed by atoms with Crippen LogP contribution in [0.2, 0.25) is 0 Å². The molecule has 0 fully saturated rings. The average Bonchev–Trinajstić information content (AvgIpc) is 2.30.